The van der Waals surface area contributed by atoms with Crippen molar-refractivity contribution in [1.82, 2.24) is 4.90 Å². The van der Waals surface area contributed by atoms with Crippen molar-refractivity contribution in [2.45, 2.75) is 38.1 Å². The molecule has 104 valence electrons. The molecule has 0 aromatic heterocycles. The molecule has 18 heavy (non-hydrogen) atoms. The first-order valence-electron chi connectivity index (χ1n) is 6.76. The van der Waals surface area contributed by atoms with Gasteiger partial charge in [-0.25, -0.2) is 0 Å². The molecule has 0 radical (unpaired) electrons. The molecular formula is C14H25ClN2O. The predicted molar refractivity (Wildman–Crippen MR) is 76.6 cm³/mol. The third-order valence-electron chi connectivity index (χ3n) is 4.54. The molecule has 0 aliphatic heterocycles. The van der Waals surface area contributed by atoms with E-state index in [1.807, 2.05) is 18.0 Å². The number of carbonyl (C=O) groups excluding carboxylic acids is 1. The first-order valence-corrected chi connectivity index (χ1v) is 6.76. The highest BCUT2D eigenvalue weighted by atomic mass is 35.5. The second kappa shape index (κ2) is 6.58. The number of carbonyl (C=O) groups is 1. The van der Waals surface area contributed by atoms with Crippen LogP contribution in [0.5, 0.6) is 0 Å². The van der Waals surface area contributed by atoms with E-state index in [0.29, 0.717) is 11.8 Å². The molecule has 0 aromatic carbocycles. The summed E-state index contributed by atoms with van der Waals surface area (Å²) >= 11 is 0. The van der Waals surface area contributed by atoms with Crippen LogP contribution >= 0.6 is 12.4 Å². The number of halogens is 1. The lowest BCUT2D eigenvalue weighted by atomic mass is 9.84. The van der Waals surface area contributed by atoms with E-state index in [4.69, 9.17) is 5.73 Å². The summed E-state index contributed by atoms with van der Waals surface area (Å²) in [6.45, 7) is 4.52. The highest BCUT2D eigenvalue weighted by Crippen LogP contribution is 2.48. The quantitative estimate of drug-likeness (QED) is 0.616. The minimum Gasteiger partial charge on any atom is -0.345 e. The smallest absolute Gasteiger partial charge is 0.227 e. The SMILES string of the molecule is C=CCCCN(C)C(=O)C1C2CCC(C2)C1N.Cl. The van der Waals surface area contributed by atoms with Crippen molar-refractivity contribution in [3.05, 3.63) is 12.7 Å². The fraction of sp³-hybridized carbons (Fsp3) is 0.786. The Hall–Kier alpha value is -0.540. The zero-order valence-electron chi connectivity index (χ0n) is 11.2. The molecule has 0 heterocycles. The lowest BCUT2D eigenvalue weighted by Crippen LogP contribution is -2.46. The summed E-state index contributed by atoms with van der Waals surface area (Å²) in [7, 11) is 1.91. The van der Waals surface area contributed by atoms with E-state index in [1.165, 1.54) is 19.3 Å². The number of fused-ring (bicyclic) bond motifs is 2. The van der Waals surface area contributed by atoms with Crippen molar-refractivity contribution >= 4 is 18.3 Å². The highest BCUT2D eigenvalue weighted by Gasteiger charge is 2.49. The minimum atomic E-state index is 0. The van der Waals surface area contributed by atoms with Gasteiger partial charge in [-0.1, -0.05) is 6.08 Å². The lowest BCUT2D eigenvalue weighted by Gasteiger charge is -2.30. The van der Waals surface area contributed by atoms with Crippen LogP contribution in [0.15, 0.2) is 12.7 Å². The molecule has 4 heteroatoms. The number of amides is 1. The molecule has 2 fully saturated rings. The Morgan fingerprint density at radius 1 is 1.44 bits per heavy atom. The van der Waals surface area contributed by atoms with Crippen LogP contribution in [0.4, 0.5) is 0 Å². The fourth-order valence-corrected chi connectivity index (χ4v) is 3.54. The van der Waals surface area contributed by atoms with Gasteiger partial charge in [0.25, 0.3) is 0 Å². The Morgan fingerprint density at radius 2 is 2.11 bits per heavy atom. The van der Waals surface area contributed by atoms with E-state index in [9.17, 15) is 4.79 Å². The van der Waals surface area contributed by atoms with Gasteiger partial charge >= 0.3 is 0 Å². The summed E-state index contributed by atoms with van der Waals surface area (Å²) < 4.78 is 0. The summed E-state index contributed by atoms with van der Waals surface area (Å²) in [5.41, 5.74) is 6.19. The summed E-state index contributed by atoms with van der Waals surface area (Å²) in [6, 6.07) is 0.114. The van der Waals surface area contributed by atoms with Gasteiger partial charge in [-0.3, -0.25) is 4.79 Å². The van der Waals surface area contributed by atoms with Gasteiger partial charge in [-0.2, -0.15) is 0 Å². The molecule has 2 aliphatic carbocycles. The minimum absolute atomic E-state index is 0. The maximum absolute atomic E-state index is 12.4. The molecule has 2 rings (SSSR count). The fourth-order valence-electron chi connectivity index (χ4n) is 3.54. The maximum Gasteiger partial charge on any atom is 0.227 e. The summed E-state index contributed by atoms with van der Waals surface area (Å²) in [4.78, 5) is 14.2. The molecule has 1 amide bonds. The third-order valence-corrected chi connectivity index (χ3v) is 4.54. The Bertz CT molecular complexity index is 306. The Kier molecular flexibility index (Phi) is 5.67. The van der Waals surface area contributed by atoms with Crippen molar-refractivity contribution < 1.29 is 4.79 Å². The zero-order chi connectivity index (χ0) is 12.4. The first-order chi connectivity index (χ1) is 8.15. The number of nitrogens with zero attached hydrogens (tertiary/aromatic N) is 1. The summed E-state index contributed by atoms with van der Waals surface area (Å²) in [5, 5.41) is 0. The van der Waals surface area contributed by atoms with Crippen molar-refractivity contribution in [2.75, 3.05) is 13.6 Å². The van der Waals surface area contributed by atoms with Crippen LogP contribution in [0.25, 0.3) is 0 Å². The molecular weight excluding hydrogens is 248 g/mol. The summed E-state index contributed by atoms with van der Waals surface area (Å²) in [6.07, 6.45) is 7.49. The van der Waals surface area contributed by atoms with E-state index >= 15 is 0 Å². The molecule has 4 atom stereocenters. The zero-order valence-corrected chi connectivity index (χ0v) is 12.0. The van der Waals surface area contributed by atoms with Crippen molar-refractivity contribution in [3.8, 4) is 0 Å². The monoisotopic (exact) mass is 272 g/mol. The lowest BCUT2D eigenvalue weighted by molar-refractivity contribution is -0.136. The van der Waals surface area contributed by atoms with Gasteiger partial charge in [0.1, 0.15) is 0 Å². The molecule has 3 nitrogen and oxygen atoms in total. The Balaban J connectivity index is 0.00000162. The average molecular weight is 273 g/mol. The normalized spacial score (nSPS) is 33.0. The third kappa shape index (κ3) is 2.89. The van der Waals surface area contributed by atoms with E-state index in [2.05, 4.69) is 6.58 Å². The second-order valence-corrected chi connectivity index (χ2v) is 5.63. The number of rotatable bonds is 5. The molecule has 2 aliphatic rings. The van der Waals surface area contributed by atoms with Crippen LogP contribution in [0.2, 0.25) is 0 Å². The number of hydrogen-bond donors (Lipinski definition) is 1. The van der Waals surface area contributed by atoms with Gasteiger partial charge in [-0.15, -0.1) is 19.0 Å². The largest absolute Gasteiger partial charge is 0.345 e. The van der Waals surface area contributed by atoms with E-state index in [0.717, 1.165) is 19.4 Å². The number of hydrogen-bond acceptors (Lipinski definition) is 2. The van der Waals surface area contributed by atoms with Crippen LogP contribution in [-0.2, 0) is 4.79 Å². The number of allylic oxidation sites excluding steroid dienone is 1. The van der Waals surface area contributed by atoms with Crippen molar-refractivity contribution in [1.29, 1.82) is 0 Å². The topological polar surface area (TPSA) is 46.3 Å². The predicted octanol–water partition coefficient (Wildman–Crippen LogP) is 2.21. The van der Waals surface area contributed by atoms with Gasteiger partial charge in [0.15, 0.2) is 0 Å². The van der Waals surface area contributed by atoms with Crippen LogP contribution in [0.1, 0.15) is 32.1 Å². The second-order valence-electron chi connectivity index (χ2n) is 5.63. The van der Waals surface area contributed by atoms with E-state index in [1.54, 1.807) is 0 Å². The molecule has 0 aromatic rings. The average Bonchev–Trinajstić information content (AvgIpc) is 2.89. The number of nitrogens with two attached hydrogens (primary N) is 1. The van der Waals surface area contributed by atoms with Crippen molar-refractivity contribution in [3.63, 3.8) is 0 Å². The van der Waals surface area contributed by atoms with Gasteiger partial charge in [0, 0.05) is 19.6 Å². The molecule has 2 N–H and O–H groups in total. The van der Waals surface area contributed by atoms with E-state index in [-0.39, 0.29) is 30.3 Å². The van der Waals surface area contributed by atoms with Gasteiger partial charge in [0.2, 0.25) is 5.91 Å². The van der Waals surface area contributed by atoms with Crippen LogP contribution in [0, 0.1) is 17.8 Å². The first kappa shape index (κ1) is 15.5. The van der Waals surface area contributed by atoms with Gasteiger partial charge < -0.3 is 10.6 Å². The molecule has 2 bridgehead atoms. The summed E-state index contributed by atoms with van der Waals surface area (Å²) in [5.74, 6) is 1.54. The van der Waals surface area contributed by atoms with Gasteiger partial charge in [0.05, 0.1) is 5.92 Å². The molecule has 2 saturated carbocycles. The van der Waals surface area contributed by atoms with Crippen LogP contribution < -0.4 is 5.73 Å². The molecule has 0 saturated heterocycles. The van der Waals surface area contributed by atoms with Crippen LogP contribution in [-0.4, -0.2) is 30.4 Å². The van der Waals surface area contributed by atoms with Crippen LogP contribution in [0.3, 0.4) is 0 Å². The molecule has 0 spiro atoms. The number of unbranched alkanes of at least 4 members (excludes halogenated alkanes) is 1. The Labute approximate surface area is 116 Å². The van der Waals surface area contributed by atoms with Gasteiger partial charge in [-0.05, 0) is 43.9 Å². The highest BCUT2D eigenvalue weighted by molar-refractivity contribution is 5.85. The molecule has 4 unspecified atom stereocenters. The maximum atomic E-state index is 12.4. The van der Waals surface area contributed by atoms with Crippen molar-refractivity contribution in [2.24, 2.45) is 23.5 Å². The standard InChI is InChI=1S/C14H24N2O.ClH/c1-3-4-5-8-16(2)14(17)12-10-6-7-11(9-10)13(12)15;/h3,10-13H,1,4-9,15H2,2H3;1H. The Morgan fingerprint density at radius 3 is 2.67 bits per heavy atom. The van der Waals surface area contributed by atoms with E-state index < -0.39 is 0 Å².